The monoisotopic (exact) mass is 455 g/mol. The smallest absolute Gasteiger partial charge is 0.234 e. The van der Waals surface area contributed by atoms with Crippen molar-refractivity contribution >= 4 is 22.7 Å². The number of rotatable bonds is 4. The van der Waals surface area contributed by atoms with E-state index in [1.807, 2.05) is 13.8 Å². The average Bonchev–Trinajstić information content (AvgIpc) is 2.70. The molecule has 2 fully saturated rings. The highest BCUT2D eigenvalue weighted by atomic mass is 19.1. The number of amides is 2. The molecule has 1 aromatic carbocycles. The zero-order chi connectivity index (χ0) is 24.1. The highest BCUT2D eigenvalue weighted by Gasteiger charge is 2.50. The minimum absolute atomic E-state index is 0.247. The van der Waals surface area contributed by atoms with Crippen LogP contribution in [0.25, 0.3) is 10.9 Å². The highest BCUT2D eigenvalue weighted by molar-refractivity contribution is 6.01. The molecular weight excluding hydrogens is 421 g/mol. The Kier molecular flexibility index (Phi) is 6.08. The van der Waals surface area contributed by atoms with Gasteiger partial charge in [-0.3, -0.25) is 19.9 Å². The van der Waals surface area contributed by atoms with Crippen LogP contribution in [0, 0.1) is 24.1 Å². The molecule has 3 heterocycles. The Hall–Kier alpha value is -2.38. The molecule has 2 saturated heterocycles. The van der Waals surface area contributed by atoms with E-state index in [0.29, 0.717) is 54.0 Å². The quantitative estimate of drug-likeness (QED) is 0.686. The molecule has 2 atom stereocenters. The number of carbonyl (C=O) groups is 2. The SMILES string of the molecule is Cc1nc2ccc([C@]3(O)CCN(CC(C)C)CC3(C)C)c(F)c2cc1C1CCC(=O)NC1=O. The molecule has 2 aliphatic heterocycles. The van der Waals surface area contributed by atoms with Crippen molar-refractivity contribution in [2.75, 3.05) is 19.6 Å². The molecule has 33 heavy (non-hydrogen) atoms. The zero-order valence-electron chi connectivity index (χ0n) is 20.2. The lowest BCUT2D eigenvalue weighted by Gasteiger charge is -2.51. The van der Waals surface area contributed by atoms with Gasteiger partial charge in [-0.15, -0.1) is 0 Å². The summed E-state index contributed by atoms with van der Waals surface area (Å²) in [7, 11) is 0. The number of benzene rings is 1. The van der Waals surface area contributed by atoms with Crippen molar-refractivity contribution in [2.24, 2.45) is 11.3 Å². The largest absolute Gasteiger partial charge is 0.384 e. The summed E-state index contributed by atoms with van der Waals surface area (Å²) in [5, 5.41) is 14.5. The number of pyridine rings is 1. The molecule has 2 amide bonds. The molecule has 2 aliphatic rings. The summed E-state index contributed by atoms with van der Waals surface area (Å²) in [6.45, 7) is 12.4. The molecule has 0 saturated carbocycles. The first kappa shape index (κ1) is 23.8. The Morgan fingerprint density at radius 1 is 1.30 bits per heavy atom. The Labute approximate surface area is 194 Å². The van der Waals surface area contributed by atoms with Gasteiger partial charge in [-0.05, 0) is 43.4 Å². The van der Waals surface area contributed by atoms with E-state index in [1.54, 1.807) is 25.1 Å². The number of hydrogen-bond donors (Lipinski definition) is 2. The predicted octanol–water partition coefficient (Wildman–Crippen LogP) is 3.78. The average molecular weight is 456 g/mol. The van der Waals surface area contributed by atoms with Crippen LogP contribution in [0.15, 0.2) is 18.2 Å². The maximum atomic E-state index is 16.0. The molecule has 0 radical (unpaired) electrons. The topological polar surface area (TPSA) is 82.5 Å². The van der Waals surface area contributed by atoms with E-state index in [2.05, 4.69) is 29.0 Å². The summed E-state index contributed by atoms with van der Waals surface area (Å²) >= 11 is 0. The highest BCUT2D eigenvalue weighted by Crippen LogP contribution is 2.47. The first-order valence-corrected chi connectivity index (χ1v) is 11.8. The maximum absolute atomic E-state index is 16.0. The fourth-order valence-electron chi connectivity index (χ4n) is 5.58. The number of fused-ring (bicyclic) bond motifs is 1. The Morgan fingerprint density at radius 3 is 2.67 bits per heavy atom. The lowest BCUT2D eigenvalue weighted by molar-refractivity contribution is -0.134. The lowest BCUT2D eigenvalue weighted by Crippen LogP contribution is -2.56. The number of nitrogens with one attached hydrogen (secondary N) is 1. The zero-order valence-corrected chi connectivity index (χ0v) is 20.2. The van der Waals surface area contributed by atoms with E-state index in [1.165, 1.54) is 0 Å². The number of imide groups is 1. The van der Waals surface area contributed by atoms with Gasteiger partial charge in [0.1, 0.15) is 5.82 Å². The standard InChI is InChI=1S/C26H34FN3O3/c1-15(2)13-30-11-10-26(33,25(4,5)14-30)20-7-8-21-19(23(20)27)12-18(16(3)28-21)17-6-9-22(31)29-24(17)32/h7-8,12,15,17,33H,6,9-11,13-14H2,1-5H3,(H,29,31,32)/t17?,26-/m1/s1. The molecule has 1 unspecified atom stereocenters. The third-order valence-corrected chi connectivity index (χ3v) is 7.37. The minimum Gasteiger partial charge on any atom is -0.384 e. The number of aryl methyl sites for hydroxylation is 1. The maximum Gasteiger partial charge on any atom is 0.234 e. The van der Waals surface area contributed by atoms with Crippen molar-refractivity contribution in [2.45, 2.75) is 65.4 Å². The summed E-state index contributed by atoms with van der Waals surface area (Å²) in [6, 6.07) is 5.10. The lowest BCUT2D eigenvalue weighted by atomic mass is 9.66. The summed E-state index contributed by atoms with van der Waals surface area (Å²) in [6.07, 6.45) is 1.06. The summed E-state index contributed by atoms with van der Waals surface area (Å²) in [4.78, 5) is 30.9. The van der Waals surface area contributed by atoms with Crippen LogP contribution in [0.3, 0.4) is 0 Å². The number of aromatic nitrogens is 1. The number of piperidine rings is 2. The summed E-state index contributed by atoms with van der Waals surface area (Å²) in [5.41, 5.74) is 0.164. The molecule has 2 aromatic rings. The van der Waals surface area contributed by atoms with Crippen LogP contribution in [-0.2, 0) is 15.2 Å². The third kappa shape index (κ3) is 4.17. The second-order valence-electron chi connectivity index (χ2n) is 10.8. The first-order chi connectivity index (χ1) is 15.4. The van der Waals surface area contributed by atoms with E-state index >= 15 is 4.39 Å². The molecule has 2 N–H and O–H groups in total. The molecule has 0 bridgehead atoms. The van der Waals surface area contributed by atoms with Gasteiger partial charge in [0.25, 0.3) is 0 Å². The van der Waals surface area contributed by atoms with Gasteiger partial charge in [-0.1, -0.05) is 33.8 Å². The molecule has 7 heteroatoms. The predicted molar refractivity (Wildman–Crippen MR) is 125 cm³/mol. The normalized spacial score (nSPS) is 26.1. The van der Waals surface area contributed by atoms with E-state index in [9.17, 15) is 14.7 Å². The van der Waals surface area contributed by atoms with Crippen LogP contribution in [0.5, 0.6) is 0 Å². The van der Waals surface area contributed by atoms with E-state index in [-0.39, 0.29) is 23.8 Å². The number of hydrogen-bond acceptors (Lipinski definition) is 5. The van der Waals surface area contributed by atoms with E-state index in [0.717, 1.165) is 6.54 Å². The van der Waals surface area contributed by atoms with Gasteiger partial charge in [0.15, 0.2) is 0 Å². The van der Waals surface area contributed by atoms with Gasteiger partial charge in [0, 0.05) is 48.1 Å². The van der Waals surface area contributed by atoms with Crippen molar-refractivity contribution < 1.29 is 19.1 Å². The number of aliphatic hydroxyl groups is 1. The van der Waals surface area contributed by atoms with Gasteiger partial charge >= 0.3 is 0 Å². The van der Waals surface area contributed by atoms with Crippen molar-refractivity contribution in [1.29, 1.82) is 0 Å². The fourth-order valence-corrected chi connectivity index (χ4v) is 5.58. The van der Waals surface area contributed by atoms with Crippen LogP contribution in [0.2, 0.25) is 0 Å². The summed E-state index contributed by atoms with van der Waals surface area (Å²) < 4.78 is 16.0. The molecule has 0 spiro atoms. The third-order valence-electron chi connectivity index (χ3n) is 7.37. The molecule has 1 aromatic heterocycles. The second kappa shape index (κ2) is 8.44. The fraction of sp³-hybridized carbons (Fsp3) is 0.577. The first-order valence-electron chi connectivity index (χ1n) is 11.8. The van der Waals surface area contributed by atoms with Gasteiger partial charge in [0.2, 0.25) is 11.8 Å². The molecule has 4 rings (SSSR count). The number of halogens is 1. The van der Waals surface area contributed by atoms with Crippen LogP contribution >= 0.6 is 0 Å². The van der Waals surface area contributed by atoms with Crippen molar-refractivity contribution in [3.05, 3.63) is 40.8 Å². The molecule has 178 valence electrons. The van der Waals surface area contributed by atoms with Crippen LogP contribution in [0.1, 0.15) is 69.7 Å². The van der Waals surface area contributed by atoms with Gasteiger partial charge in [0.05, 0.1) is 17.0 Å². The molecule has 6 nitrogen and oxygen atoms in total. The van der Waals surface area contributed by atoms with Crippen LogP contribution in [0.4, 0.5) is 4.39 Å². The Balaban J connectivity index is 1.75. The van der Waals surface area contributed by atoms with Gasteiger partial charge in [-0.2, -0.15) is 0 Å². The summed E-state index contributed by atoms with van der Waals surface area (Å²) in [5.74, 6) is -1.17. The van der Waals surface area contributed by atoms with Crippen molar-refractivity contribution in [3.8, 4) is 0 Å². The number of nitrogens with zero attached hydrogens (tertiary/aromatic N) is 2. The van der Waals surface area contributed by atoms with Gasteiger partial charge in [-0.25, -0.2) is 4.39 Å². The van der Waals surface area contributed by atoms with E-state index < -0.39 is 22.8 Å². The van der Waals surface area contributed by atoms with Gasteiger partial charge < -0.3 is 10.0 Å². The van der Waals surface area contributed by atoms with Crippen molar-refractivity contribution in [3.63, 3.8) is 0 Å². The number of likely N-dealkylation sites (tertiary alicyclic amines) is 1. The second-order valence-corrected chi connectivity index (χ2v) is 10.8. The van der Waals surface area contributed by atoms with Crippen molar-refractivity contribution in [1.82, 2.24) is 15.2 Å². The van der Waals surface area contributed by atoms with Crippen LogP contribution < -0.4 is 5.32 Å². The number of carbonyl (C=O) groups excluding carboxylic acids is 2. The molecule has 0 aliphatic carbocycles. The minimum atomic E-state index is -1.32. The van der Waals surface area contributed by atoms with E-state index in [4.69, 9.17) is 0 Å². The Bertz CT molecular complexity index is 1110. The Morgan fingerprint density at radius 2 is 2.03 bits per heavy atom. The van der Waals surface area contributed by atoms with Crippen LogP contribution in [-0.4, -0.2) is 46.4 Å². The molecular formula is C26H34FN3O3.